The van der Waals surface area contributed by atoms with Crippen LogP contribution in [-0.4, -0.2) is 11.9 Å². The molecule has 4 nitrogen and oxygen atoms in total. The Morgan fingerprint density at radius 3 is 2.33 bits per heavy atom. The molecule has 94 valence electrons. The maximum Gasteiger partial charge on any atom is 0.335 e. The van der Waals surface area contributed by atoms with Crippen LogP contribution in [0.3, 0.4) is 0 Å². The van der Waals surface area contributed by atoms with Gasteiger partial charge in [-0.2, -0.15) is 0 Å². The van der Waals surface area contributed by atoms with E-state index in [0.717, 1.165) is 17.7 Å². The molecule has 1 aromatic carbocycles. The topological polar surface area (TPSA) is 52.6 Å². The highest BCUT2D eigenvalue weighted by Crippen LogP contribution is 2.25. The Balaban J connectivity index is 2.95. The molecule has 0 bridgehead atoms. The minimum atomic E-state index is -0.534. The molecule has 0 saturated carbocycles. The number of carbonyl (C=O) groups is 2. The van der Waals surface area contributed by atoms with Crippen LogP contribution >= 0.6 is 0 Å². The van der Waals surface area contributed by atoms with Gasteiger partial charge in [0.15, 0.2) is 0 Å². The summed E-state index contributed by atoms with van der Waals surface area (Å²) < 4.78 is 10.0. The smallest absolute Gasteiger partial charge is 0.335 e. The van der Waals surface area contributed by atoms with Crippen LogP contribution in [0.4, 0.5) is 0 Å². The molecule has 0 spiro atoms. The fourth-order valence-electron chi connectivity index (χ4n) is 1.30. The molecular formula is C14H14O4. The van der Waals surface area contributed by atoms with E-state index in [1.807, 2.05) is 6.92 Å². The average molecular weight is 246 g/mol. The van der Waals surface area contributed by atoms with Crippen molar-refractivity contribution in [3.8, 4) is 11.5 Å². The summed E-state index contributed by atoms with van der Waals surface area (Å²) >= 11 is 0. The van der Waals surface area contributed by atoms with Crippen LogP contribution in [0.5, 0.6) is 11.5 Å². The summed E-state index contributed by atoms with van der Waals surface area (Å²) in [5.74, 6) is -0.246. The van der Waals surface area contributed by atoms with Crippen molar-refractivity contribution in [1.29, 1.82) is 0 Å². The second-order valence-electron chi connectivity index (χ2n) is 3.37. The lowest BCUT2D eigenvalue weighted by molar-refractivity contribution is -0.130. The van der Waals surface area contributed by atoms with E-state index in [-0.39, 0.29) is 0 Å². The Morgan fingerprint density at radius 1 is 1.17 bits per heavy atom. The molecule has 0 aromatic heterocycles. The first kappa shape index (κ1) is 13.7. The average Bonchev–Trinajstić information content (AvgIpc) is 2.39. The van der Waals surface area contributed by atoms with Crippen molar-refractivity contribution >= 4 is 11.9 Å². The third-order valence-electron chi connectivity index (χ3n) is 2.18. The molecule has 0 amide bonds. The van der Waals surface area contributed by atoms with Crippen molar-refractivity contribution in [3.05, 3.63) is 49.1 Å². The molecule has 0 fully saturated rings. The van der Waals surface area contributed by atoms with Crippen molar-refractivity contribution in [3.63, 3.8) is 0 Å². The lowest BCUT2D eigenvalue weighted by atomic mass is 10.1. The Morgan fingerprint density at radius 2 is 1.78 bits per heavy atom. The van der Waals surface area contributed by atoms with Crippen molar-refractivity contribution in [2.45, 2.75) is 13.3 Å². The summed E-state index contributed by atoms with van der Waals surface area (Å²) in [4.78, 5) is 22.2. The van der Waals surface area contributed by atoms with Gasteiger partial charge in [0, 0.05) is 12.2 Å². The predicted octanol–water partition coefficient (Wildman–Crippen LogP) is 2.43. The van der Waals surface area contributed by atoms with Crippen LogP contribution in [0.25, 0.3) is 0 Å². The highest BCUT2D eigenvalue weighted by atomic mass is 16.5. The molecule has 0 N–H and O–H groups in total. The third kappa shape index (κ3) is 3.59. The van der Waals surface area contributed by atoms with Gasteiger partial charge >= 0.3 is 11.9 Å². The molecule has 0 aliphatic rings. The molecule has 0 heterocycles. The lowest BCUT2D eigenvalue weighted by Gasteiger charge is -2.09. The van der Waals surface area contributed by atoms with E-state index < -0.39 is 11.9 Å². The van der Waals surface area contributed by atoms with Gasteiger partial charge in [-0.05, 0) is 30.2 Å². The SMILES string of the molecule is C=CC(=O)Oc1ccc(OC(=O)C=C)c(CC)c1. The third-order valence-corrected chi connectivity index (χ3v) is 2.18. The van der Waals surface area contributed by atoms with E-state index in [1.54, 1.807) is 18.2 Å². The Labute approximate surface area is 106 Å². The van der Waals surface area contributed by atoms with Gasteiger partial charge in [0.25, 0.3) is 0 Å². The van der Waals surface area contributed by atoms with E-state index in [0.29, 0.717) is 17.9 Å². The van der Waals surface area contributed by atoms with Crippen molar-refractivity contribution in [2.75, 3.05) is 0 Å². The summed E-state index contributed by atoms with van der Waals surface area (Å²) in [7, 11) is 0. The number of rotatable bonds is 5. The molecule has 4 heteroatoms. The van der Waals surface area contributed by atoms with E-state index in [9.17, 15) is 9.59 Å². The summed E-state index contributed by atoms with van der Waals surface area (Å²) in [6.07, 6.45) is 2.81. The summed E-state index contributed by atoms with van der Waals surface area (Å²) in [6, 6.07) is 4.77. The van der Waals surface area contributed by atoms with Gasteiger partial charge in [-0.15, -0.1) is 0 Å². The number of ether oxygens (including phenoxy) is 2. The zero-order valence-corrected chi connectivity index (χ0v) is 10.1. The monoisotopic (exact) mass is 246 g/mol. The number of hydrogen-bond acceptors (Lipinski definition) is 4. The van der Waals surface area contributed by atoms with E-state index >= 15 is 0 Å². The Bertz CT molecular complexity index is 489. The van der Waals surface area contributed by atoms with Crippen LogP contribution in [0.2, 0.25) is 0 Å². The van der Waals surface area contributed by atoms with Crippen LogP contribution in [0, 0.1) is 0 Å². The number of esters is 2. The van der Waals surface area contributed by atoms with Crippen LogP contribution < -0.4 is 9.47 Å². The second-order valence-corrected chi connectivity index (χ2v) is 3.37. The van der Waals surface area contributed by atoms with Gasteiger partial charge < -0.3 is 9.47 Å². The zero-order valence-electron chi connectivity index (χ0n) is 10.1. The molecule has 0 aliphatic carbocycles. The summed E-state index contributed by atoms with van der Waals surface area (Å²) in [6.45, 7) is 8.54. The molecule has 0 aliphatic heterocycles. The molecule has 18 heavy (non-hydrogen) atoms. The first-order valence-electron chi connectivity index (χ1n) is 5.42. The molecule has 1 aromatic rings. The van der Waals surface area contributed by atoms with Gasteiger partial charge in [-0.1, -0.05) is 20.1 Å². The molecule has 0 saturated heterocycles. The maximum atomic E-state index is 11.1. The first-order valence-corrected chi connectivity index (χ1v) is 5.42. The van der Waals surface area contributed by atoms with Gasteiger partial charge in [0.2, 0.25) is 0 Å². The highest BCUT2D eigenvalue weighted by molar-refractivity contribution is 5.84. The van der Waals surface area contributed by atoms with Gasteiger partial charge in [-0.25, -0.2) is 9.59 Å². The van der Waals surface area contributed by atoms with Crippen molar-refractivity contribution < 1.29 is 19.1 Å². The molecule has 0 unspecified atom stereocenters. The lowest BCUT2D eigenvalue weighted by Crippen LogP contribution is -2.07. The van der Waals surface area contributed by atoms with E-state index in [4.69, 9.17) is 9.47 Å². The van der Waals surface area contributed by atoms with Crippen molar-refractivity contribution in [1.82, 2.24) is 0 Å². The Kier molecular flexibility index (Phi) is 4.87. The van der Waals surface area contributed by atoms with Gasteiger partial charge in [-0.3, -0.25) is 0 Å². The Hall–Kier alpha value is -2.36. The molecule has 0 atom stereocenters. The highest BCUT2D eigenvalue weighted by Gasteiger charge is 2.08. The quantitative estimate of drug-likeness (QED) is 0.455. The number of benzene rings is 1. The first-order chi connectivity index (χ1) is 8.60. The van der Waals surface area contributed by atoms with Crippen LogP contribution in [0.1, 0.15) is 12.5 Å². The fourth-order valence-corrected chi connectivity index (χ4v) is 1.30. The van der Waals surface area contributed by atoms with Gasteiger partial charge in [0.1, 0.15) is 11.5 Å². The maximum absolute atomic E-state index is 11.1. The van der Waals surface area contributed by atoms with Crippen LogP contribution in [-0.2, 0) is 16.0 Å². The van der Waals surface area contributed by atoms with Crippen LogP contribution in [0.15, 0.2) is 43.5 Å². The van der Waals surface area contributed by atoms with Gasteiger partial charge in [0.05, 0.1) is 0 Å². The minimum absolute atomic E-state index is 0.384. The number of aryl methyl sites for hydroxylation is 1. The fraction of sp³-hybridized carbons (Fsp3) is 0.143. The standard InChI is InChI=1S/C14H14O4/c1-4-10-9-11(17-13(15)5-2)7-8-12(10)18-14(16)6-3/h5-9H,2-4H2,1H3. The summed E-state index contributed by atoms with van der Waals surface area (Å²) in [5, 5.41) is 0. The largest absolute Gasteiger partial charge is 0.423 e. The van der Waals surface area contributed by atoms with E-state index in [1.165, 1.54) is 0 Å². The van der Waals surface area contributed by atoms with E-state index in [2.05, 4.69) is 13.2 Å². The minimum Gasteiger partial charge on any atom is -0.423 e. The molecule has 0 radical (unpaired) electrons. The predicted molar refractivity (Wildman–Crippen MR) is 67.5 cm³/mol. The normalized spacial score (nSPS) is 9.39. The number of carbonyl (C=O) groups excluding carboxylic acids is 2. The molecule has 1 rings (SSSR count). The second kappa shape index (κ2) is 6.39. The molecular weight excluding hydrogens is 232 g/mol. The number of hydrogen-bond donors (Lipinski definition) is 0. The zero-order chi connectivity index (χ0) is 13.5. The summed E-state index contributed by atoms with van der Waals surface area (Å²) in [5.41, 5.74) is 0.763. The van der Waals surface area contributed by atoms with Crippen molar-refractivity contribution in [2.24, 2.45) is 0 Å².